The highest BCUT2D eigenvalue weighted by atomic mass is 16.8. The summed E-state index contributed by atoms with van der Waals surface area (Å²) < 4.78 is 45.8. The number of hydrogen-bond donors (Lipinski definition) is 12. The zero-order chi connectivity index (χ0) is 36.8. The van der Waals surface area contributed by atoms with Crippen molar-refractivity contribution in [2.45, 2.75) is 142 Å². The number of hydrogen-bond acceptors (Lipinski definition) is 20. The fraction of sp³-hybridized carbons (Fsp3) is 0.966. The first kappa shape index (κ1) is 39.9. The molecule has 50 heavy (non-hydrogen) atoms. The maximum absolute atomic E-state index is 12.4. The summed E-state index contributed by atoms with van der Waals surface area (Å²) in [6, 6.07) is -1.42. The van der Waals surface area contributed by atoms with Crippen molar-refractivity contribution < 1.29 is 98.9 Å². The maximum atomic E-state index is 12.4. The van der Waals surface area contributed by atoms with Crippen LogP contribution in [0.25, 0.3) is 0 Å². The molecule has 8 unspecified atom stereocenters. The molecule has 5 rings (SSSR count). The van der Waals surface area contributed by atoms with Gasteiger partial charge in [0.25, 0.3) is 5.79 Å². The second-order valence-electron chi connectivity index (χ2n) is 13.5. The molecule has 5 heterocycles. The Labute approximate surface area is 285 Å². The second kappa shape index (κ2) is 16.0. The molecule has 0 aromatic heterocycles. The van der Waals surface area contributed by atoms with E-state index in [4.69, 9.17) is 43.6 Å². The van der Waals surface area contributed by atoms with Crippen LogP contribution < -0.4 is 5.73 Å². The Morgan fingerprint density at radius 3 is 2.08 bits per heavy atom. The van der Waals surface area contributed by atoms with E-state index in [-0.39, 0.29) is 18.8 Å². The Kier molecular flexibility index (Phi) is 12.8. The van der Waals surface area contributed by atoms with E-state index in [0.29, 0.717) is 0 Å². The van der Waals surface area contributed by atoms with Crippen molar-refractivity contribution >= 4 is 5.97 Å². The van der Waals surface area contributed by atoms with Gasteiger partial charge in [0, 0.05) is 12.3 Å². The summed E-state index contributed by atoms with van der Waals surface area (Å²) in [5, 5.41) is 113. The molecule has 5 aliphatic heterocycles. The van der Waals surface area contributed by atoms with Crippen LogP contribution in [0.4, 0.5) is 0 Å². The molecule has 21 heteroatoms. The molecular weight excluding hydrogens is 682 g/mol. The first-order chi connectivity index (χ1) is 23.6. The van der Waals surface area contributed by atoms with Crippen molar-refractivity contribution in [1.82, 2.24) is 0 Å². The van der Waals surface area contributed by atoms with Crippen LogP contribution in [0.15, 0.2) is 0 Å². The predicted molar refractivity (Wildman–Crippen MR) is 156 cm³/mol. The lowest BCUT2D eigenvalue weighted by Crippen LogP contribution is -2.67. The number of aliphatic carboxylic acids is 1. The number of ether oxygens (including phenoxy) is 8. The van der Waals surface area contributed by atoms with Crippen LogP contribution in [0.3, 0.4) is 0 Å². The van der Waals surface area contributed by atoms with E-state index in [0.717, 1.165) is 0 Å². The van der Waals surface area contributed by atoms with E-state index in [1.165, 1.54) is 0 Å². The van der Waals surface area contributed by atoms with Crippen LogP contribution in [0.1, 0.15) is 20.3 Å². The predicted octanol–water partition coefficient (Wildman–Crippen LogP) is -7.19. The minimum Gasteiger partial charge on any atom is -0.477 e. The average Bonchev–Trinajstić information content (AvgIpc) is 3.90. The lowest BCUT2D eigenvalue weighted by molar-refractivity contribution is -0.366. The fourth-order valence-electron chi connectivity index (χ4n) is 6.84. The Bertz CT molecular complexity index is 1140. The third-order valence-corrected chi connectivity index (χ3v) is 10.0. The zero-order valence-corrected chi connectivity index (χ0v) is 27.3. The summed E-state index contributed by atoms with van der Waals surface area (Å²) in [6.07, 6.45) is -24.8. The van der Waals surface area contributed by atoms with Crippen LogP contribution in [0, 0.1) is 5.92 Å². The quantitative estimate of drug-likeness (QED) is 0.0783. The molecular formula is C29H49NO20. The molecule has 0 radical (unpaired) electrons. The standard InChI is InChI=1S/C29H49NO20/c1-8-16(36)22(12(5-32)45-26(8)48-21-9(2)44-13(6-33)23-25(21)47-23)49-27-20(40)19(39)18(38)14(46-27)7-43-29(28(41)42)3-10(34)15(30)24(50-29)17(37)11(35)4-31/h8-27,31-40H,3-7,30H2,1-2H3,(H,41,42)/t8?,9-,10-,11?,12+,13?,14?,15-,16?,17-,18+,19?,20+,21+,22-,23-,24?,25?,26+,27+,29-/m1/s1. The van der Waals surface area contributed by atoms with Crippen LogP contribution in [0.2, 0.25) is 0 Å². The fourth-order valence-corrected chi connectivity index (χ4v) is 6.84. The van der Waals surface area contributed by atoms with E-state index < -0.39 is 148 Å². The number of rotatable bonds is 13. The van der Waals surface area contributed by atoms with Gasteiger partial charge in [-0.15, -0.1) is 0 Å². The summed E-state index contributed by atoms with van der Waals surface area (Å²) in [4.78, 5) is 12.4. The first-order valence-corrected chi connectivity index (χ1v) is 16.4. The Morgan fingerprint density at radius 2 is 1.46 bits per heavy atom. The number of fused-ring (bicyclic) bond motifs is 1. The summed E-state index contributed by atoms with van der Waals surface area (Å²) in [5.74, 6) is -5.35. The molecule has 21 nitrogen and oxygen atoms in total. The van der Waals surface area contributed by atoms with Gasteiger partial charge in [0.1, 0.15) is 79.4 Å². The third kappa shape index (κ3) is 7.68. The van der Waals surface area contributed by atoms with Gasteiger partial charge in [-0.25, -0.2) is 4.79 Å². The summed E-state index contributed by atoms with van der Waals surface area (Å²) in [5.41, 5.74) is 5.87. The van der Waals surface area contributed by atoms with Crippen LogP contribution in [-0.4, -0.2) is 211 Å². The first-order valence-electron chi connectivity index (χ1n) is 16.4. The molecule has 5 saturated heterocycles. The summed E-state index contributed by atoms with van der Waals surface area (Å²) >= 11 is 0. The number of aliphatic hydroxyl groups is 10. The van der Waals surface area contributed by atoms with Gasteiger partial charge < -0.3 is 99.8 Å². The van der Waals surface area contributed by atoms with E-state index in [1.807, 2.05) is 0 Å². The van der Waals surface area contributed by atoms with Gasteiger partial charge in [-0.05, 0) is 6.92 Å². The minimum atomic E-state index is -2.73. The number of carbonyl (C=O) groups is 1. The molecule has 21 atom stereocenters. The third-order valence-electron chi connectivity index (χ3n) is 10.0. The normalized spacial score (nSPS) is 50.7. The average molecular weight is 732 g/mol. The molecule has 5 fully saturated rings. The van der Waals surface area contributed by atoms with Gasteiger partial charge in [-0.1, -0.05) is 6.92 Å². The van der Waals surface area contributed by atoms with E-state index >= 15 is 0 Å². The number of carboxylic acids is 1. The number of epoxide rings is 1. The summed E-state index contributed by atoms with van der Waals surface area (Å²) in [7, 11) is 0. The largest absolute Gasteiger partial charge is 0.477 e. The van der Waals surface area contributed by atoms with Gasteiger partial charge in [-0.2, -0.15) is 0 Å². The van der Waals surface area contributed by atoms with Crippen molar-refractivity contribution in [3.63, 3.8) is 0 Å². The smallest absolute Gasteiger partial charge is 0.364 e. The lowest BCUT2D eigenvalue weighted by Gasteiger charge is -2.48. The molecule has 0 aromatic carbocycles. The van der Waals surface area contributed by atoms with E-state index in [2.05, 4.69) is 0 Å². The molecule has 13 N–H and O–H groups in total. The van der Waals surface area contributed by atoms with Crippen LogP contribution in [-0.2, 0) is 42.7 Å². The Hall–Kier alpha value is -1.29. The molecule has 0 amide bonds. The number of carboxylic acid groups (broad SMARTS) is 1. The highest BCUT2D eigenvalue weighted by Crippen LogP contribution is 2.41. The van der Waals surface area contributed by atoms with E-state index in [9.17, 15) is 61.0 Å². The van der Waals surface area contributed by atoms with Gasteiger partial charge in [0.15, 0.2) is 12.6 Å². The second-order valence-corrected chi connectivity index (χ2v) is 13.5. The zero-order valence-electron chi connectivity index (χ0n) is 27.3. The Balaban J connectivity index is 1.25. The van der Waals surface area contributed by atoms with Gasteiger partial charge in [0.05, 0.1) is 50.8 Å². The molecule has 0 spiro atoms. The monoisotopic (exact) mass is 731 g/mol. The minimum absolute atomic E-state index is 0.236. The van der Waals surface area contributed by atoms with E-state index in [1.54, 1.807) is 13.8 Å². The summed E-state index contributed by atoms with van der Waals surface area (Å²) in [6.45, 7) is 0.525. The molecule has 0 bridgehead atoms. The lowest BCUT2D eigenvalue weighted by atomic mass is 9.89. The Morgan fingerprint density at radius 1 is 0.820 bits per heavy atom. The van der Waals surface area contributed by atoms with Crippen LogP contribution in [0.5, 0.6) is 0 Å². The van der Waals surface area contributed by atoms with Gasteiger partial charge in [0.2, 0.25) is 0 Å². The maximum Gasteiger partial charge on any atom is 0.364 e. The molecule has 0 aliphatic carbocycles. The molecule has 290 valence electrons. The van der Waals surface area contributed by atoms with Crippen molar-refractivity contribution in [3.8, 4) is 0 Å². The van der Waals surface area contributed by atoms with Crippen LogP contribution >= 0.6 is 0 Å². The van der Waals surface area contributed by atoms with Crippen molar-refractivity contribution in [2.75, 3.05) is 26.4 Å². The topological polar surface area (TPSA) is 343 Å². The number of nitrogens with two attached hydrogens (primary N) is 1. The molecule has 5 aliphatic rings. The molecule has 0 saturated carbocycles. The van der Waals surface area contributed by atoms with Crippen molar-refractivity contribution in [2.24, 2.45) is 11.7 Å². The van der Waals surface area contributed by atoms with Crippen molar-refractivity contribution in [1.29, 1.82) is 0 Å². The highest BCUT2D eigenvalue weighted by molar-refractivity contribution is 5.76. The van der Waals surface area contributed by atoms with Gasteiger partial charge >= 0.3 is 5.97 Å². The van der Waals surface area contributed by atoms with Crippen molar-refractivity contribution in [3.05, 3.63) is 0 Å². The van der Waals surface area contributed by atoms with Gasteiger partial charge in [-0.3, -0.25) is 0 Å². The SMILES string of the molecule is CC1C(O)[C@H](O[C@@H]2OC(CO[C@]3(C(=O)O)C[C@@H](O)[C@@H](N)C([C@H](O)C(O)CO)O3)[C@H](O)C(O)[C@@H]2O)[C@H](CO)O[C@H]1O[C@@H]1C2O[C@@H]2C(CO)O[C@@H]1C. The highest BCUT2D eigenvalue weighted by Gasteiger charge is 2.59. The molecule has 0 aromatic rings. The number of aliphatic hydroxyl groups excluding tert-OH is 10.